The van der Waals surface area contributed by atoms with Crippen LogP contribution in [-0.2, 0) is 9.59 Å². The second-order valence-corrected chi connectivity index (χ2v) is 7.36. The van der Waals surface area contributed by atoms with Crippen molar-refractivity contribution in [2.24, 2.45) is 0 Å². The zero-order valence-corrected chi connectivity index (χ0v) is 16.1. The minimum atomic E-state index is -0.430. The van der Waals surface area contributed by atoms with E-state index in [-0.39, 0.29) is 55.6 Å². The Labute approximate surface area is 172 Å². The van der Waals surface area contributed by atoms with Gasteiger partial charge < -0.3 is 10.2 Å². The molecule has 4 rings (SSSR count). The lowest BCUT2D eigenvalue weighted by molar-refractivity contribution is -0.121. The lowest BCUT2D eigenvalue weighted by Crippen LogP contribution is -2.38. The van der Waals surface area contributed by atoms with Crippen molar-refractivity contribution in [1.82, 2.24) is 10.2 Å². The number of rotatable bonds is 6. The number of fused-ring (bicyclic) bond motifs is 1. The third-order valence-electron chi connectivity index (χ3n) is 5.27. The van der Waals surface area contributed by atoms with Crippen molar-refractivity contribution < 1.29 is 23.6 Å². The summed E-state index contributed by atoms with van der Waals surface area (Å²) in [6, 6.07) is 12.0. The summed E-state index contributed by atoms with van der Waals surface area (Å²) < 4.78 is 13.4. The van der Waals surface area contributed by atoms with E-state index in [2.05, 4.69) is 5.32 Å². The van der Waals surface area contributed by atoms with Crippen molar-refractivity contribution in [2.45, 2.75) is 25.3 Å². The van der Waals surface area contributed by atoms with Crippen LogP contribution in [0, 0.1) is 5.82 Å². The Bertz CT molecular complexity index is 1000. The van der Waals surface area contributed by atoms with E-state index < -0.39 is 5.82 Å². The molecule has 2 aliphatic rings. The van der Waals surface area contributed by atoms with E-state index in [9.17, 15) is 23.6 Å². The molecule has 1 N–H and O–H groups in total. The molecule has 7 nitrogen and oxygen atoms in total. The molecular weight excluding hydrogens is 389 g/mol. The van der Waals surface area contributed by atoms with Crippen LogP contribution in [0.15, 0.2) is 48.5 Å². The summed E-state index contributed by atoms with van der Waals surface area (Å²) in [5.74, 6) is -1.56. The smallest absolute Gasteiger partial charge is 0.261 e. The molecule has 30 heavy (non-hydrogen) atoms. The van der Waals surface area contributed by atoms with Gasteiger partial charge in [-0.1, -0.05) is 18.2 Å². The first-order chi connectivity index (χ1) is 14.4. The molecule has 0 aromatic heterocycles. The van der Waals surface area contributed by atoms with E-state index in [1.165, 1.54) is 23.1 Å². The van der Waals surface area contributed by atoms with E-state index in [0.717, 1.165) is 4.90 Å². The number of carbonyl (C=O) groups is 4. The first kappa shape index (κ1) is 19.8. The highest BCUT2D eigenvalue weighted by molar-refractivity contribution is 6.21. The molecule has 0 aliphatic carbocycles. The standard InChI is InChI=1S/C22H20FN3O4/c23-14-5-3-6-16(11-14)26-13-15(12-20(26)28)24-19(27)9-4-10-25-21(29)17-7-1-2-8-18(17)22(25)30/h1-3,5-8,11,15H,4,9-10,12-13H2,(H,24,27). The Morgan fingerprint density at radius 2 is 1.73 bits per heavy atom. The number of halogens is 1. The summed E-state index contributed by atoms with van der Waals surface area (Å²) in [6.45, 7) is 0.422. The van der Waals surface area contributed by atoms with E-state index in [0.29, 0.717) is 23.2 Å². The summed E-state index contributed by atoms with van der Waals surface area (Å²) in [5.41, 5.74) is 1.23. The van der Waals surface area contributed by atoms with Gasteiger partial charge in [-0.2, -0.15) is 0 Å². The van der Waals surface area contributed by atoms with Crippen LogP contribution < -0.4 is 10.2 Å². The van der Waals surface area contributed by atoms with Gasteiger partial charge in [0, 0.05) is 31.6 Å². The Morgan fingerprint density at radius 3 is 2.40 bits per heavy atom. The normalized spacial score (nSPS) is 18.2. The van der Waals surface area contributed by atoms with Crippen LogP contribution >= 0.6 is 0 Å². The molecule has 0 spiro atoms. The molecule has 0 bridgehead atoms. The van der Waals surface area contributed by atoms with Gasteiger partial charge in [0.2, 0.25) is 11.8 Å². The van der Waals surface area contributed by atoms with Gasteiger partial charge in [0.1, 0.15) is 5.82 Å². The Balaban J connectivity index is 1.27. The summed E-state index contributed by atoms with van der Waals surface area (Å²) in [5, 5.41) is 2.81. The highest BCUT2D eigenvalue weighted by Crippen LogP contribution is 2.24. The van der Waals surface area contributed by atoms with Crippen molar-refractivity contribution in [3.8, 4) is 0 Å². The maximum atomic E-state index is 13.4. The Morgan fingerprint density at radius 1 is 1.03 bits per heavy atom. The number of benzene rings is 2. The quantitative estimate of drug-likeness (QED) is 0.741. The van der Waals surface area contributed by atoms with Gasteiger partial charge in [-0.05, 0) is 36.8 Å². The van der Waals surface area contributed by atoms with Crippen molar-refractivity contribution in [2.75, 3.05) is 18.0 Å². The van der Waals surface area contributed by atoms with Crippen molar-refractivity contribution >= 4 is 29.3 Å². The average Bonchev–Trinajstić information content (AvgIpc) is 3.20. The monoisotopic (exact) mass is 409 g/mol. The first-order valence-corrected chi connectivity index (χ1v) is 9.74. The molecule has 2 aromatic carbocycles. The molecule has 8 heteroatoms. The molecule has 1 saturated heterocycles. The van der Waals surface area contributed by atoms with Crippen LogP contribution in [0.5, 0.6) is 0 Å². The summed E-state index contributed by atoms with van der Waals surface area (Å²) in [4.78, 5) is 51.7. The predicted molar refractivity (Wildman–Crippen MR) is 106 cm³/mol. The minimum absolute atomic E-state index is 0.123. The Kier molecular flexibility index (Phi) is 5.31. The van der Waals surface area contributed by atoms with Crippen molar-refractivity contribution in [3.63, 3.8) is 0 Å². The highest BCUT2D eigenvalue weighted by atomic mass is 19.1. The van der Waals surface area contributed by atoms with Crippen molar-refractivity contribution in [3.05, 3.63) is 65.5 Å². The maximum absolute atomic E-state index is 13.4. The number of carbonyl (C=O) groups excluding carboxylic acids is 4. The molecule has 1 unspecified atom stereocenters. The second-order valence-electron chi connectivity index (χ2n) is 7.36. The maximum Gasteiger partial charge on any atom is 0.261 e. The second kappa shape index (κ2) is 8.06. The van der Waals surface area contributed by atoms with Gasteiger partial charge >= 0.3 is 0 Å². The topological polar surface area (TPSA) is 86.8 Å². The van der Waals surface area contributed by atoms with Gasteiger partial charge in [0.25, 0.3) is 11.8 Å². The van der Waals surface area contributed by atoms with E-state index >= 15 is 0 Å². The highest BCUT2D eigenvalue weighted by Gasteiger charge is 2.35. The number of hydrogen-bond acceptors (Lipinski definition) is 4. The summed E-state index contributed by atoms with van der Waals surface area (Å²) in [7, 11) is 0. The zero-order valence-electron chi connectivity index (χ0n) is 16.1. The number of imide groups is 1. The zero-order chi connectivity index (χ0) is 21.3. The third-order valence-corrected chi connectivity index (χ3v) is 5.27. The molecule has 4 amide bonds. The first-order valence-electron chi connectivity index (χ1n) is 9.74. The molecule has 2 heterocycles. The molecular formula is C22H20FN3O4. The SMILES string of the molecule is O=C(CCCN1C(=O)c2ccccc2C1=O)NC1CC(=O)N(c2cccc(F)c2)C1. The lowest BCUT2D eigenvalue weighted by atomic mass is 10.1. The minimum Gasteiger partial charge on any atom is -0.351 e. The number of nitrogens with zero attached hydrogens (tertiary/aromatic N) is 2. The van der Waals surface area contributed by atoms with E-state index in [1.54, 1.807) is 30.3 Å². The van der Waals surface area contributed by atoms with Crippen LogP contribution in [0.1, 0.15) is 40.0 Å². The van der Waals surface area contributed by atoms with Crippen LogP contribution in [0.2, 0.25) is 0 Å². The van der Waals surface area contributed by atoms with E-state index in [4.69, 9.17) is 0 Å². The largest absolute Gasteiger partial charge is 0.351 e. The fraction of sp³-hybridized carbons (Fsp3) is 0.273. The van der Waals surface area contributed by atoms with Gasteiger partial charge in [-0.15, -0.1) is 0 Å². The number of hydrogen-bond donors (Lipinski definition) is 1. The molecule has 1 fully saturated rings. The van der Waals surface area contributed by atoms with Crippen molar-refractivity contribution in [1.29, 1.82) is 0 Å². The lowest BCUT2D eigenvalue weighted by Gasteiger charge is -2.17. The molecule has 0 saturated carbocycles. The number of nitrogens with one attached hydrogen (secondary N) is 1. The van der Waals surface area contributed by atoms with Crippen LogP contribution in [0.4, 0.5) is 10.1 Å². The average molecular weight is 409 g/mol. The van der Waals surface area contributed by atoms with Gasteiger partial charge in [-0.3, -0.25) is 24.1 Å². The third kappa shape index (κ3) is 3.80. The molecule has 2 aliphatic heterocycles. The number of amides is 4. The predicted octanol–water partition coefficient (Wildman–Crippen LogP) is 2.12. The molecule has 1 atom stereocenters. The van der Waals surface area contributed by atoms with Gasteiger partial charge in [-0.25, -0.2) is 4.39 Å². The van der Waals surface area contributed by atoms with Gasteiger partial charge in [0.05, 0.1) is 17.2 Å². The van der Waals surface area contributed by atoms with Gasteiger partial charge in [0.15, 0.2) is 0 Å². The fourth-order valence-electron chi connectivity index (χ4n) is 3.84. The van der Waals surface area contributed by atoms with Crippen LogP contribution in [0.3, 0.4) is 0 Å². The Hall–Kier alpha value is -3.55. The summed E-state index contributed by atoms with van der Waals surface area (Å²) >= 11 is 0. The summed E-state index contributed by atoms with van der Waals surface area (Å²) in [6.07, 6.45) is 0.588. The van der Waals surface area contributed by atoms with E-state index in [1.807, 2.05) is 0 Å². The number of anilines is 1. The van der Waals surface area contributed by atoms with Crippen LogP contribution in [0.25, 0.3) is 0 Å². The molecule has 2 aromatic rings. The van der Waals surface area contributed by atoms with Crippen LogP contribution in [-0.4, -0.2) is 47.7 Å². The molecule has 154 valence electrons. The molecule has 0 radical (unpaired) electrons. The fourth-order valence-corrected chi connectivity index (χ4v) is 3.84.